The van der Waals surface area contributed by atoms with Crippen LogP contribution in [0.15, 0.2) is 24.3 Å². The summed E-state index contributed by atoms with van der Waals surface area (Å²) in [5.41, 5.74) is 1.22. The number of aromatic nitrogens is 1. The van der Waals surface area contributed by atoms with Crippen molar-refractivity contribution in [3.63, 3.8) is 0 Å². The van der Waals surface area contributed by atoms with Gasteiger partial charge < -0.3 is 4.90 Å². The zero-order chi connectivity index (χ0) is 15.7. The highest BCUT2D eigenvalue weighted by Gasteiger charge is 2.25. The Balaban J connectivity index is 1.64. The number of nitrogens with zero attached hydrogens (tertiary/aromatic N) is 3. The van der Waals surface area contributed by atoms with Gasteiger partial charge in [-0.15, -0.1) is 0 Å². The molecule has 1 atom stereocenters. The fourth-order valence-electron chi connectivity index (χ4n) is 2.80. The Morgan fingerprint density at radius 1 is 1.36 bits per heavy atom. The van der Waals surface area contributed by atoms with Crippen LogP contribution in [0.4, 0.5) is 9.52 Å². The Morgan fingerprint density at radius 3 is 2.73 bits per heavy atom. The summed E-state index contributed by atoms with van der Waals surface area (Å²) in [5, 5.41) is 1.55. The van der Waals surface area contributed by atoms with E-state index in [0.717, 1.165) is 36.1 Å². The average molecular weight is 340 g/mol. The Kier molecular flexibility index (Phi) is 4.66. The Hall–Kier alpha value is -1.17. The lowest BCUT2D eigenvalue weighted by Crippen LogP contribution is -2.19. The maximum atomic E-state index is 13.0. The Labute approximate surface area is 139 Å². The normalized spacial score (nSPS) is 18.8. The van der Waals surface area contributed by atoms with Gasteiger partial charge in [0.2, 0.25) is 0 Å². The van der Waals surface area contributed by atoms with Crippen LogP contribution in [0.2, 0.25) is 5.15 Å². The van der Waals surface area contributed by atoms with Crippen LogP contribution in [0.25, 0.3) is 0 Å². The largest absolute Gasteiger partial charge is 0.354 e. The van der Waals surface area contributed by atoms with Gasteiger partial charge in [0, 0.05) is 27.2 Å². The summed E-state index contributed by atoms with van der Waals surface area (Å²) >= 11 is 7.89. The molecule has 118 valence electrons. The van der Waals surface area contributed by atoms with Gasteiger partial charge in [-0.25, -0.2) is 9.37 Å². The summed E-state index contributed by atoms with van der Waals surface area (Å²) in [6.45, 7) is 2.85. The topological polar surface area (TPSA) is 19.4 Å². The van der Waals surface area contributed by atoms with Crippen molar-refractivity contribution < 1.29 is 4.39 Å². The van der Waals surface area contributed by atoms with E-state index < -0.39 is 0 Å². The van der Waals surface area contributed by atoms with E-state index in [-0.39, 0.29) is 5.82 Å². The number of thiazole rings is 1. The minimum Gasteiger partial charge on any atom is -0.354 e. The van der Waals surface area contributed by atoms with E-state index in [1.165, 1.54) is 5.56 Å². The molecule has 0 saturated carbocycles. The average Bonchev–Trinajstić information content (AvgIpc) is 3.08. The van der Waals surface area contributed by atoms with E-state index in [1.54, 1.807) is 23.5 Å². The molecule has 3 nitrogen and oxygen atoms in total. The molecule has 0 unspecified atom stereocenters. The molecule has 22 heavy (non-hydrogen) atoms. The van der Waals surface area contributed by atoms with Gasteiger partial charge in [-0.05, 0) is 36.6 Å². The van der Waals surface area contributed by atoms with Crippen LogP contribution in [0.1, 0.15) is 22.8 Å². The van der Waals surface area contributed by atoms with Crippen molar-refractivity contribution >= 4 is 28.1 Å². The first-order chi connectivity index (χ1) is 10.5. The first-order valence-corrected chi connectivity index (χ1v) is 8.52. The fourth-order valence-corrected chi connectivity index (χ4v) is 4.02. The van der Waals surface area contributed by atoms with Crippen LogP contribution < -0.4 is 4.90 Å². The predicted octanol–water partition coefficient (Wildman–Crippen LogP) is 3.99. The van der Waals surface area contributed by atoms with Gasteiger partial charge in [-0.3, -0.25) is 4.90 Å². The van der Waals surface area contributed by atoms with E-state index in [2.05, 4.69) is 9.88 Å². The Bertz CT molecular complexity index is 641. The molecular weight excluding hydrogens is 321 g/mol. The third-order valence-electron chi connectivity index (χ3n) is 4.00. The lowest BCUT2D eigenvalue weighted by Gasteiger charge is -2.15. The van der Waals surface area contributed by atoms with Crippen LogP contribution in [0, 0.1) is 5.82 Å². The molecule has 0 aliphatic carbocycles. The van der Waals surface area contributed by atoms with Crippen molar-refractivity contribution in [2.45, 2.75) is 18.9 Å². The van der Waals surface area contributed by atoms with E-state index >= 15 is 0 Å². The van der Waals surface area contributed by atoms with E-state index in [0.29, 0.717) is 11.1 Å². The van der Waals surface area contributed by atoms with Crippen molar-refractivity contribution in [3.8, 4) is 0 Å². The third-order valence-corrected chi connectivity index (χ3v) is 5.63. The summed E-state index contributed by atoms with van der Waals surface area (Å²) in [4.78, 5) is 9.87. The van der Waals surface area contributed by atoms with Gasteiger partial charge in [0.05, 0.1) is 4.88 Å². The maximum Gasteiger partial charge on any atom is 0.186 e. The molecule has 3 rings (SSSR count). The lowest BCUT2D eigenvalue weighted by molar-refractivity contribution is 0.329. The zero-order valence-electron chi connectivity index (χ0n) is 12.7. The summed E-state index contributed by atoms with van der Waals surface area (Å²) in [7, 11) is 3.94. The van der Waals surface area contributed by atoms with Crippen molar-refractivity contribution in [3.05, 3.63) is 45.7 Å². The first kappa shape index (κ1) is 15.7. The minimum absolute atomic E-state index is 0.175. The van der Waals surface area contributed by atoms with Gasteiger partial charge in [0.25, 0.3) is 0 Å². The number of hydrogen-bond donors (Lipinski definition) is 0. The van der Waals surface area contributed by atoms with E-state index in [1.807, 2.05) is 31.1 Å². The second kappa shape index (κ2) is 6.52. The van der Waals surface area contributed by atoms with E-state index in [9.17, 15) is 4.39 Å². The molecule has 2 heterocycles. The highest BCUT2D eigenvalue weighted by atomic mass is 35.5. The van der Waals surface area contributed by atoms with Crippen LogP contribution in [-0.4, -0.2) is 37.1 Å². The highest BCUT2D eigenvalue weighted by Crippen LogP contribution is 2.33. The summed E-state index contributed by atoms with van der Waals surface area (Å²) in [6, 6.07) is 6.88. The quantitative estimate of drug-likeness (QED) is 0.839. The van der Waals surface area contributed by atoms with Crippen molar-refractivity contribution in [2.24, 2.45) is 0 Å². The molecule has 1 aromatic carbocycles. The molecule has 0 radical (unpaired) electrons. The number of hydrogen-bond acceptors (Lipinski definition) is 4. The molecule has 1 fully saturated rings. The van der Waals surface area contributed by atoms with Gasteiger partial charge in [-0.2, -0.15) is 0 Å². The zero-order valence-corrected chi connectivity index (χ0v) is 14.3. The van der Waals surface area contributed by atoms with Gasteiger partial charge in [0.15, 0.2) is 5.13 Å². The van der Waals surface area contributed by atoms with Crippen molar-refractivity contribution in [1.82, 2.24) is 9.88 Å². The monoisotopic (exact) mass is 339 g/mol. The summed E-state index contributed by atoms with van der Waals surface area (Å²) in [6.07, 6.45) is 1.10. The SMILES string of the molecule is CN(C)c1nc(Cl)c(CN2CC[C@H](c3ccc(F)cc3)C2)s1. The second-order valence-electron chi connectivity index (χ2n) is 5.88. The second-order valence-corrected chi connectivity index (χ2v) is 7.30. The van der Waals surface area contributed by atoms with Crippen LogP contribution in [0.3, 0.4) is 0 Å². The molecule has 1 aliphatic rings. The van der Waals surface area contributed by atoms with Gasteiger partial charge in [0.1, 0.15) is 11.0 Å². The summed E-state index contributed by atoms with van der Waals surface area (Å²) in [5.74, 6) is 0.298. The molecular formula is C16H19ClFN3S. The fraction of sp³-hybridized carbons (Fsp3) is 0.438. The van der Waals surface area contributed by atoms with Crippen molar-refractivity contribution in [2.75, 3.05) is 32.1 Å². The molecule has 0 bridgehead atoms. The maximum absolute atomic E-state index is 13.0. The van der Waals surface area contributed by atoms with Crippen molar-refractivity contribution in [1.29, 1.82) is 0 Å². The smallest absolute Gasteiger partial charge is 0.186 e. The number of halogens is 2. The van der Waals surface area contributed by atoms with Gasteiger partial charge in [-0.1, -0.05) is 35.1 Å². The predicted molar refractivity (Wildman–Crippen MR) is 90.5 cm³/mol. The number of rotatable bonds is 4. The molecule has 1 saturated heterocycles. The number of benzene rings is 1. The Morgan fingerprint density at radius 2 is 2.09 bits per heavy atom. The third kappa shape index (κ3) is 3.42. The molecule has 2 aromatic rings. The molecule has 1 aromatic heterocycles. The number of likely N-dealkylation sites (tertiary alicyclic amines) is 1. The number of anilines is 1. The van der Waals surface area contributed by atoms with Crippen LogP contribution >= 0.6 is 22.9 Å². The molecule has 0 N–H and O–H groups in total. The first-order valence-electron chi connectivity index (χ1n) is 7.33. The molecule has 0 amide bonds. The molecule has 1 aliphatic heterocycles. The minimum atomic E-state index is -0.175. The molecule has 0 spiro atoms. The van der Waals surface area contributed by atoms with E-state index in [4.69, 9.17) is 11.6 Å². The lowest BCUT2D eigenvalue weighted by atomic mass is 9.99. The van der Waals surface area contributed by atoms with Crippen LogP contribution in [0.5, 0.6) is 0 Å². The van der Waals surface area contributed by atoms with Crippen LogP contribution in [-0.2, 0) is 6.54 Å². The highest BCUT2D eigenvalue weighted by molar-refractivity contribution is 7.16. The summed E-state index contributed by atoms with van der Waals surface area (Å²) < 4.78 is 13.0. The molecule has 6 heteroatoms. The standard InChI is InChI=1S/C16H19ClFN3S/c1-20(2)16-19-15(17)14(22-16)10-21-8-7-12(9-21)11-3-5-13(18)6-4-11/h3-6,12H,7-10H2,1-2H3/t12-/m0/s1. The van der Waals surface area contributed by atoms with Gasteiger partial charge >= 0.3 is 0 Å².